The second kappa shape index (κ2) is 5.24. The Hall–Kier alpha value is -2.54. The fourth-order valence-corrected chi connectivity index (χ4v) is 3.92. The molecule has 0 atom stereocenters. The lowest BCUT2D eigenvalue weighted by molar-refractivity contribution is 0.418. The Labute approximate surface area is 143 Å². The van der Waals surface area contributed by atoms with Crippen LogP contribution >= 0.6 is 0 Å². The standard InChI is InChI=1S/C23H22O/c1-15-8-7-9-17(14-15)18-13-12-16(2)21-22(18)24-20-11-6-5-10-19(20)23(21,3)4/h5-14H,1-4H3. The van der Waals surface area contributed by atoms with Gasteiger partial charge in [0.1, 0.15) is 11.5 Å². The Morgan fingerprint density at radius 2 is 1.62 bits per heavy atom. The number of para-hydroxylation sites is 1. The number of fused-ring (bicyclic) bond motifs is 2. The fourth-order valence-electron chi connectivity index (χ4n) is 3.92. The third-order valence-electron chi connectivity index (χ3n) is 5.09. The molecule has 1 heterocycles. The molecule has 0 spiro atoms. The van der Waals surface area contributed by atoms with E-state index in [2.05, 4.69) is 82.3 Å². The second-order valence-corrected chi connectivity index (χ2v) is 7.23. The molecule has 1 aliphatic heterocycles. The highest BCUT2D eigenvalue weighted by molar-refractivity contribution is 5.77. The van der Waals surface area contributed by atoms with Crippen LogP contribution in [0.5, 0.6) is 11.5 Å². The van der Waals surface area contributed by atoms with Gasteiger partial charge in [0.05, 0.1) is 0 Å². The summed E-state index contributed by atoms with van der Waals surface area (Å²) in [6.45, 7) is 8.89. The molecule has 1 heteroatoms. The Bertz CT molecular complexity index is 935. The molecule has 24 heavy (non-hydrogen) atoms. The number of aryl methyl sites for hydroxylation is 2. The van der Waals surface area contributed by atoms with Gasteiger partial charge in [0.25, 0.3) is 0 Å². The van der Waals surface area contributed by atoms with Gasteiger partial charge in [0, 0.05) is 22.1 Å². The first-order valence-corrected chi connectivity index (χ1v) is 8.47. The lowest BCUT2D eigenvalue weighted by Gasteiger charge is -2.36. The van der Waals surface area contributed by atoms with E-state index in [0.29, 0.717) is 0 Å². The largest absolute Gasteiger partial charge is 0.456 e. The van der Waals surface area contributed by atoms with Crippen molar-refractivity contribution in [3.63, 3.8) is 0 Å². The lowest BCUT2D eigenvalue weighted by atomic mass is 9.73. The van der Waals surface area contributed by atoms with Crippen LogP contribution in [0.15, 0.2) is 60.7 Å². The van der Waals surface area contributed by atoms with Gasteiger partial charge in [0.15, 0.2) is 0 Å². The summed E-state index contributed by atoms with van der Waals surface area (Å²) in [5.74, 6) is 1.97. The van der Waals surface area contributed by atoms with Crippen molar-refractivity contribution in [2.75, 3.05) is 0 Å². The SMILES string of the molecule is Cc1cccc(-c2ccc(C)c3c2Oc2ccccc2C3(C)C)c1. The number of ether oxygens (including phenoxy) is 1. The molecule has 0 N–H and O–H groups in total. The quantitative estimate of drug-likeness (QED) is 0.505. The zero-order valence-electron chi connectivity index (χ0n) is 14.7. The van der Waals surface area contributed by atoms with Crippen LogP contribution in [0, 0.1) is 13.8 Å². The van der Waals surface area contributed by atoms with Crippen LogP contribution in [0.25, 0.3) is 11.1 Å². The number of hydrogen-bond acceptors (Lipinski definition) is 1. The van der Waals surface area contributed by atoms with Crippen molar-refractivity contribution >= 4 is 0 Å². The van der Waals surface area contributed by atoms with E-state index >= 15 is 0 Å². The van der Waals surface area contributed by atoms with Crippen LogP contribution in [0.1, 0.15) is 36.1 Å². The molecule has 0 aliphatic carbocycles. The average Bonchev–Trinajstić information content (AvgIpc) is 2.55. The van der Waals surface area contributed by atoms with E-state index in [1.54, 1.807) is 0 Å². The van der Waals surface area contributed by atoms with Crippen LogP contribution < -0.4 is 4.74 Å². The third kappa shape index (κ3) is 2.16. The van der Waals surface area contributed by atoms with Gasteiger partial charge in [-0.2, -0.15) is 0 Å². The molecule has 1 nitrogen and oxygen atoms in total. The van der Waals surface area contributed by atoms with Crippen molar-refractivity contribution in [1.29, 1.82) is 0 Å². The minimum Gasteiger partial charge on any atom is -0.456 e. The lowest BCUT2D eigenvalue weighted by Crippen LogP contribution is -2.25. The first-order chi connectivity index (χ1) is 11.5. The van der Waals surface area contributed by atoms with Crippen molar-refractivity contribution < 1.29 is 4.74 Å². The Balaban J connectivity index is 2.01. The summed E-state index contributed by atoms with van der Waals surface area (Å²) in [6, 6.07) is 21.4. The van der Waals surface area contributed by atoms with E-state index < -0.39 is 0 Å². The highest BCUT2D eigenvalue weighted by Crippen LogP contribution is 2.52. The van der Waals surface area contributed by atoms with E-state index in [1.165, 1.54) is 33.4 Å². The Morgan fingerprint density at radius 1 is 0.833 bits per heavy atom. The fraction of sp³-hybridized carbons (Fsp3) is 0.217. The molecule has 4 rings (SSSR count). The zero-order valence-corrected chi connectivity index (χ0v) is 14.7. The summed E-state index contributed by atoms with van der Waals surface area (Å²) in [5, 5.41) is 0. The highest BCUT2D eigenvalue weighted by atomic mass is 16.5. The van der Waals surface area contributed by atoms with E-state index in [1.807, 2.05) is 6.07 Å². The van der Waals surface area contributed by atoms with Gasteiger partial charge in [-0.15, -0.1) is 0 Å². The van der Waals surface area contributed by atoms with Crippen LogP contribution in [-0.2, 0) is 5.41 Å². The number of rotatable bonds is 1. The van der Waals surface area contributed by atoms with Gasteiger partial charge >= 0.3 is 0 Å². The van der Waals surface area contributed by atoms with Gasteiger partial charge in [-0.3, -0.25) is 0 Å². The molecule has 0 saturated heterocycles. The highest BCUT2D eigenvalue weighted by Gasteiger charge is 2.36. The monoisotopic (exact) mass is 314 g/mol. The Morgan fingerprint density at radius 3 is 2.42 bits per heavy atom. The summed E-state index contributed by atoms with van der Waals surface area (Å²) in [7, 11) is 0. The number of hydrogen-bond donors (Lipinski definition) is 0. The van der Waals surface area contributed by atoms with Crippen molar-refractivity contribution in [3.05, 3.63) is 82.9 Å². The summed E-state index contributed by atoms with van der Waals surface area (Å²) < 4.78 is 6.42. The summed E-state index contributed by atoms with van der Waals surface area (Å²) >= 11 is 0. The summed E-state index contributed by atoms with van der Waals surface area (Å²) in [4.78, 5) is 0. The topological polar surface area (TPSA) is 9.23 Å². The van der Waals surface area contributed by atoms with Gasteiger partial charge in [-0.25, -0.2) is 0 Å². The molecular weight excluding hydrogens is 292 g/mol. The molecule has 0 bridgehead atoms. The van der Waals surface area contributed by atoms with Crippen molar-refractivity contribution in [2.24, 2.45) is 0 Å². The molecule has 0 amide bonds. The maximum Gasteiger partial charge on any atom is 0.139 e. The first-order valence-electron chi connectivity index (χ1n) is 8.47. The maximum absolute atomic E-state index is 6.42. The van der Waals surface area contributed by atoms with Crippen LogP contribution in [0.2, 0.25) is 0 Å². The van der Waals surface area contributed by atoms with Crippen molar-refractivity contribution in [2.45, 2.75) is 33.1 Å². The van der Waals surface area contributed by atoms with E-state index in [9.17, 15) is 0 Å². The molecule has 3 aromatic rings. The molecule has 0 fully saturated rings. The average molecular weight is 314 g/mol. The minimum absolute atomic E-state index is 0.0753. The molecular formula is C23H22O. The summed E-state index contributed by atoms with van der Waals surface area (Å²) in [5.41, 5.74) is 7.39. The van der Waals surface area contributed by atoms with Gasteiger partial charge in [-0.05, 0) is 31.0 Å². The van der Waals surface area contributed by atoms with Crippen molar-refractivity contribution in [3.8, 4) is 22.6 Å². The molecule has 120 valence electrons. The normalized spacial score (nSPS) is 14.5. The molecule has 1 aliphatic rings. The molecule has 0 aromatic heterocycles. The van der Waals surface area contributed by atoms with Crippen LogP contribution in [-0.4, -0.2) is 0 Å². The maximum atomic E-state index is 6.42. The van der Waals surface area contributed by atoms with E-state index in [4.69, 9.17) is 4.74 Å². The third-order valence-corrected chi connectivity index (χ3v) is 5.09. The van der Waals surface area contributed by atoms with Gasteiger partial charge < -0.3 is 4.74 Å². The molecule has 3 aromatic carbocycles. The summed E-state index contributed by atoms with van der Waals surface area (Å²) in [6.07, 6.45) is 0. The van der Waals surface area contributed by atoms with E-state index in [0.717, 1.165) is 11.5 Å². The van der Waals surface area contributed by atoms with Crippen molar-refractivity contribution in [1.82, 2.24) is 0 Å². The minimum atomic E-state index is -0.0753. The second-order valence-electron chi connectivity index (χ2n) is 7.23. The van der Waals surface area contributed by atoms with Crippen LogP contribution in [0.3, 0.4) is 0 Å². The predicted octanol–water partition coefficient (Wildman–Crippen LogP) is 6.40. The van der Waals surface area contributed by atoms with Gasteiger partial charge in [-0.1, -0.05) is 74.0 Å². The molecule has 0 radical (unpaired) electrons. The smallest absolute Gasteiger partial charge is 0.139 e. The number of benzene rings is 3. The zero-order chi connectivity index (χ0) is 16.9. The Kier molecular flexibility index (Phi) is 3.28. The predicted molar refractivity (Wildman–Crippen MR) is 100.0 cm³/mol. The van der Waals surface area contributed by atoms with E-state index in [-0.39, 0.29) is 5.41 Å². The molecule has 0 saturated carbocycles. The molecule has 0 unspecified atom stereocenters. The van der Waals surface area contributed by atoms with Crippen LogP contribution in [0.4, 0.5) is 0 Å². The van der Waals surface area contributed by atoms with Gasteiger partial charge in [0.2, 0.25) is 0 Å². The first kappa shape index (κ1) is 15.0.